The van der Waals surface area contributed by atoms with Crippen molar-refractivity contribution in [3.05, 3.63) is 27.0 Å². The molecule has 20 heavy (non-hydrogen) atoms. The van der Waals surface area contributed by atoms with Gasteiger partial charge in [0.25, 0.3) is 5.56 Å². The molecule has 8 nitrogen and oxygen atoms in total. The van der Waals surface area contributed by atoms with Crippen molar-refractivity contribution in [2.75, 3.05) is 0 Å². The van der Waals surface area contributed by atoms with Gasteiger partial charge in [0.1, 0.15) is 18.4 Å². The maximum absolute atomic E-state index is 14.7. The van der Waals surface area contributed by atoms with E-state index in [9.17, 15) is 24.2 Å². The number of ether oxygens (including phenoxy) is 1. The topological polar surface area (TPSA) is 117 Å². The van der Waals surface area contributed by atoms with Gasteiger partial charge in [-0.05, 0) is 6.92 Å². The molecular weight excluding hydrogens is 273 g/mol. The van der Waals surface area contributed by atoms with Crippen LogP contribution in [0.3, 0.4) is 0 Å². The zero-order chi connectivity index (χ0) is 15.1. The van der Waals surface area contributed by atoms with Crippen molar-refractivity contribution in [2.24, 2.45) is 0 Å². The molecule has 1 aliphatic heterocycles. The molecule has 0 aromatic carbocycles. The number of nitrogens with one attached hydrogen (secondary N) is 1. The first-order chi connectivity index (χ1) is 9.31. The second kappa shape index (κ2) is 4.82. The highest BCUT2D eigenvalue weighted by molar-refractivity contribution is 5.19. The van der Waals surface area contributed by atoms with Gasteiger partial charge in [0.05, 0.1) is 6.10 Å². The summed E-state index contributed by atoms with van der Waals surface area (Å²) in [6.45, 7) is 1.27. The van der Waals surface area contributed by atoms with E-state index in [4.69, 9.17) is 11.2 Å². The maximum atomic E-state index is 14.7. The summed E-state index contributed by atoms with van der Waals surface area (Å²) in [5.41, 5.74) is -4.59. The number of alkyl halides is 1. The van der Waals surface area contributed by atoms with E-state index in [0.29, 0.717) is 4.68 Å². The van der Waals surface area contributed by atoms with Gasteiger partial charge in [-0.3, -0.25) is 9.78 Å². The first-order valence-corrected chi connectivity index (χ1v) is 5.67. The van der Waals surface area contributed by atoms with Gasteiger partial charge in [0, 0.05) is 0 Å². The predicted octanol–water partition coefficient (Wildman–Crippen LogP) is -2.09. The highest BCUT2D eigenvalue weighted by Crippen LogP contribution is 2.41. The van der Waals surface area contributed by atoms with Crippen LogP contribution >= 0.6 is 0 Å². The van der Waals surface area contributed by atoms with Gasteiger partial charge >= 0.3 is 5.69 Å². The minimum absolute atomic E-state index is 0.479. The summed E-state index contributed by atoms with van der Waals surface area (Å²) < 4.78 is 20.3. The molecule has 2 heterocycles. The summed E-state index contributed by atoms with van der Waals surface area (Å²) in [7, 11) is 0. The van der Waals surface area contributed by atoms with E-state index in [1.54, 1.807) is 5.92 Å². The van der Waals surface area contributed by atoms with Gasteiger partial charge in [-0.1, -0.05) is 5.92 Å². The monoisotopic (exact) mass is 285 g/mol. The summed E-state index contributed by atoms with van der Waals surface area (Å²) in [4.78, 5) is 24.4. The molecule has 1 unspecified atom stereocenters. The number of aliphatic hydroxyl groups is 2. The van der Waals surface area contributed by atoms with Gasteiger partial charge in [-0.2, -0.15) is 9.78 Å². The Morgan fingerprint density at radius 2 is 2.35 bits per heavy atom. The molecule has 108 valence electrons. The van der Waals surface area contributed by atoms with Gasteiger partial charge in [0.2, 0.25) is 11.9 Å². The molecule has 0 saturated carbocycles. The molecular formula is C11H12FN3O5. The number of nitrogens with zero attached hydrogens (tertiary/aromatic N) is 2. The van der Waals surface area contributed by atoms with Crippen molar-refractivity contribution in [3.8, 4) is 12.3 Å². The number of hydrogen-bond acceptors (Lipinski definition) is 6. The second-order valence-electron chi connectivity index (χ2n) is 4.43. The SMILES string of the molecule is C#C[C@@]1(F)C(O)[C@@H]([C@H](C)O)O[C@H]1n1ncc(=O)[nH]c1=O. The van der Waals surface area contributed by atoms with E-state index in [0.717, 1.165) is 6.20 Å². The lowest BCUT2D eigenvalue weighted by atomic mass is 9.95. The van der Waals surface area contributed by atoms with Crippen LogP contribution in [-0.2, 0) is 4.74 Å². The average Bonchev–Trinajstić information content (AvgIpc) is 2.64. The summed E-state index contributed by atoms with van der Waals surface area (Å²) >= 11 is 0. The molecule has 2 rings (SSSR count). The minimum atomic E-state index is -2.77. The molecule has 1 aromatic heterocycles. The molecule has 0 aliphatic carbocycles. The Morgan fingerprint density at radius 3 is 2.85 bits per heavy atom. The van der Waals surface area contributed by atoms with Crippen LogP contribution in [0.4, 0.5) is 4.39 Å². The highest BCUT2D eigenvalue weighted by Gasteiger charge is 2.59. The van der Waals surface area contributed by atoms with Crippen molar-refractivity contribution in [1.82, 2.24) is 14.8 Å². The Hall–Kier alpha value is -2.02. The van der Waals surface area contributed by atoms with Crippen molar-refractivity contribution in [1.29, 1.82) is 0 Å². The number of terminal acetylenes is 1. The smallest absolute Gasteiger partial charge is 0.347 e. The molecule has 0 spiro atoms. The second-order valence-corrected chi connectivity index (χ2v) is 4.43. The molecule has 9 heteroatoms. The normalized spacial score (nSPS) is 34.6. The third-order valence-electron chi connectivity index (χ3n) is 3.04. The minimum Gasteiger partial charge on any atom is -0.391 e. The number of halogens is 1. The molecule has 1 aliphatic rings. The molecule has 3 N–H and O–H groups in total. The zero-order valence-corrected chi connectivity index (χ0v) is 10.4. The lowest BCUT2D eigenvalue weighted by molar-refractivity contribution is -0.0850. The van der Waals surface area contributed by atoms with Gasteiger partial charge in [-0.25, -0.2) is 9.18 Å². The fraction of sp³-hybridized carbons (Fsp3) is 0.545. The third kappa shape index (κ3) is 2.03. The van der Waals surface area contributed by atoms with Crippen LogP contribution in [0.25, 0.3) is 0 Å². The van der Waals surface area contributed by atoms with Crippen LogP contribution in [-0.4, -0.2) is 49.0 Å². The average molecular weight is 285 g/mol. The van der Waals surface area contributed by atoms with Gasteiger partial charge < -0.3 is 14.9 Å². The molecule has 1 saturated heterocycles. The van der Waals surface area contributed by atoms with Crippen LogP contribution in [0.15, 0.2) is 15.8 Å². The standard InChI is InChI=1S/C11H12FN3O5/c1-3-11(12)8(18)7(5(2)16)20-9(11)15-10(19)14-6(17)4-13-15/h1,4-5,7-9,16,18H,2H3,(H,14,17,19)/t5-,7+,8?,9+,11+/m0/s1. The van der Waals surface area contributed by atoms with Crippen LogP contribution in [0.1, 0.15) is 13.2 Å². The Morgan fingerprint density at radius 1 is 1.70 bits per heavy atom. The number of rotatable bonds is 2. The summed E-state index contributed by atoms with van der Waals surface area (Å²) in [5, 5.41) is 22.7. The van der Waals surface area contributed by atoms with Gasteiger partial charge in [0.15, 0.2) is 0 Å². The summed E-state index contributed by atoms with van der Waals surface area (Å²) in [6, 6.07) is 0. The lowest BCUT2D eigenvalue weighted by Gasteiger charge is -2.22. The van der Waals surface area contributed by atoms with Crippen molar-refractivity contribution in [3.63, 3.8) is 0 Å². The Kier molecular flexibility index (Phi) is 3.47. The van der Waals surface area contributed by atoms with Crippen molar-refractivity contribution in [2.45, 2.75) is 37.1 Å². The maximum Gasteiger partial charge on any atom is 0.347 e. The highest BCUT2D eigenvalue weighted by atomic mass is 19.1. The Bertz CT molecular complexity index is 663. The molecule has 1 fully saturated rings. The molecule has 0 amide bonds. The molecule has 0 bridgehead atoms. The number of hydrogen-bond donors (Lipinski definition) is 3. The number of aromatic amines is 1. The predicted molar refractivity (Wildman–Crippen MR) is 63.4 cm³/mol. The zero-order valence-electron chi connectivity index (χ0n) is 10.4. The van der Waals surface area contributed by atoms with Gasteiger partial charge in [-0.15, -0.1) is 6.42 Å². The largest absolute Gasteiger partial charge is 0.391 e. The Balaban J connectivity index is 2.53. The molecule has 1 aromatic rings. The molecule has 5 atom stereocenters. The van der Waals surface area contributed by atoms with Crippen LogP contribution in [0, 0.1) is 12.3 Å². The Labute approximate surface area is 111 Å². The number of aromatic nitrogens is 3. The number of aliphatic hydroxyl groups excluding tert-OH is 2. The van der Waals surface area contributed by atoms with E-state index in [1.165, 1.54) is 6.92 Å². The van der Waals surface area contributed by atoms with E-state index in [1.807, 2.05) is 4.98 Å². The first-order valence-electron chi connectivity index (χ1n) is 5.67. The van der Waals surface area contributed by atoms with E-state index < -0.39 is 41.5 Å². The van der Waals surface area contributed by atoms with E-state index in [-0.39, 0.29) is 0 Å². The van der Waals surface area contributed by atoms with Crippen molar-refractivity contribution >= 4 is 0 Å². The summed E-state index contributed by atoms with van der Waals surface area (Å²) in [6.07, 6.45) is -0.357. The van der Waals surface area contributed by atoms with Crippen LogP contribution in [0.5, 0.6) is 0 Å². The van der Waals surface area contributed by atoms with E-state index >= 15 is 0 Å². The quantitative estimate of drug-likeness (QED) is 0.536. The fourth-order valence-electron chi connectivity index (χ4n) is 2.01. The molecule has 0 radical (unpaired) electrons. The van der Waals surface area contributed by atoms with Crippen LogP contribution in [0.2, 0.25) is 0 Å². The summed E-state index contributed by atoms with van der Waals surface area (Å²) in [5.74, 6) is 1.72. The van der Waals surface area contributed by atoms with Crippen LogP contribution < -0.4 is 11.2 Å². The third-order valence-corrected chi connectivity index (χ3v) is 3.04. The number of H-pyrrole nitrogens is 1. The lowest BCUT2D eigenvalue weighted by Crippen LogP contribution is -2.46. The fourth-order valence-corrected chi connectivity index (χ4v) is 2.01. The van der Waals surface area contributed by atoms with Crippen molar-refractivity contribution < 1.29 is 19.3 Å². The first kappa shape index (κ1) is 14.4. The van der Waals surface area contributed by atoms with E-state index in [2.05, 4.69) is 5.10 Å².